The van der Waals surface area contributed by atoms with Crippen LogP contribution in [0.1, 0.15) is 13.3 Å². The summed E-state index contributed by atoms with van der Waals surface area (Å²) in [5.74, 6) is 1.10. The highest BCUT2D eigenvalue weighted by molar-refractivity contribution is 7.98. The normalized spacial score (nSPS) is 12.4. The first-order valence-corrected chi connectivity index (χ1v) is 7.77. The number of nitrogens with two attached hydrogens (primary N) is 1. The van der Waals surface area contributed by atoms with Crippen LogP contribution in [0.4, 0.5) is 11.4 Å². The van der Waals surface area contributed by atoms with Crippen molar-refractivity contribution < 1.29 is 4.79 Å². The fourth-order valence-corrected chi connectivity index (χ4v) is 2.44. The van der Waals surface area contributed by atoms with E-state index in [1.165, 1.54) is 0 Å². The third-order valence-corrected chi connectivity index (χ3v) is 3.84. The van der Waals surface area contributed by atoms with Gasteiger partial charge in [0.15, 0.2) is 0 Å². The molecule has 19 heavy (non-hydrogen) atoms. The molecule has 0 heterocycles. The van der Waals surface area contributed by atoms with Crippen LogP contribution in [0.5, 0.6) is 0 Å². The largest absolute Gasteiger partial charge is 0.399 e. The van der Waals surface area contributed by atoms with E-state index < -0.39 is 0 Å². The van der Waals surface area contributed by atoms with E-state index in [4.69, 9.17) is 5.73 Å². The summed E-state index contributed by atoms with van der Waals surface area (Å²) in [5.41, 5.74) is 7.08. The predicted molar refractivity (Wildman–Crippen MR) is 84.6 cm³/mol. The lowest BCUT2D eigenvalue weighted by Gasteiger charge is -2.23. The quantitative estimate of drug-likeness (QED) is 0.753. The Balaban J connectivity index is 2.35. The standard InChI is InChI=1S/C14H23N3OS/c1-11(10-19-3)17(2)8-7-14(18)16-13-6-4-5-12(15)9-13/h4-6,9,11H,7-8,10,15H2,1-3H3,(H,16,18). The summed E-state index contributed by atoms with van der Waals surface area (Å²) in [6, 6.07) is 7.72. The number of nitrogens with one attached hydrogen (secondary N) is 1. The number of anilines is 2. The molecule has 0 saturated heterocycles. The minimum atomic E-state index is 0.0220. The van der Waals surface area contributed by atoms with Gasteiger partial charge in [0.25, 0.3) is 0 Å². The van der Waals surface area contributed by atoms with E-state index in [9.17, 15) is 4.79 Å². The number of amides is 1. The molecule has 106 valence electrons. The minimum absolute atomic E-state index is 0.0220. The van der Waals surface area contributed by atoms with E-state index in [2.05, 4.69) is 30.4 Å². The lowest BCUT2D eigenvalue weighted by atomic mass is 10.2. The van der Waals surface area contributed by atoms with Crippen LogP contribution in [0.3, 0.4) is 0 Å². The second kappa shape index (κ2) is 8.07. The highest BCUT2D eigenvalue weighted by Crippen LogP contribution is 2.12. The molecular weight excluding hydrogens is 258 g/mol. The van der Waals surface area contributed by atoms with Crippen molar-refractivity contribution in [1.82, 2.24) is 4.90 Å². The van der Waals surface area contributed by atoms with Gasteiger partial charge >= 0.3 is 0 Å². The van der Waals surface area contributed by atoms with Crippen LogP contribution in [0.2, 0.25) is 0 Å². The Morgan fingerprint density at radius 2 is 2.26 bits per heavy atom. The van der Waals surface area contributed by atoms with Crippen molar-refractivity contribution in [2.75, 3.05) is 36.7 Å². The van der Waals surface area contributed by atoms with Gasteiger partial charge in [-0.3, -0.25) is 4.79 Å². The smallest absolute Gasteiger partial charge is 0.225 e. The zero-order valence-electron chi connectivity index (χ0n) is 11.8. The van der Waals surface area contributed by atoms with E-state index in [-0.39, 0.29) is 5.91 Å². The SMILES string of the molecule is CSCC(C)N(C)CCC(=O)Nc1cccc(N)c1. The minimum Gasteiger partial charge on any atom is -0.399 e. The van der Waals surface area contributed by atoms with Crippen molar-refractivity contribution in [3.8, 4) is 0 Å². The molecule has 0 spiro atoms. The van der Waals surface area contributed by atoms with Crippen molar-refractivity contribution >= 4 is 29.0 Å². The van der Waals surface area contributed by atoms with E-state index in [1.807, 2.05) is 23.9 Å². The molecule has 1 unspecified atom stereocenters. The third-order valence-electron chi connectivity index (χ3n) is 3.02. The van der Waals surface area contributed by atoms with Crippen LogP contribution in [-0.4, -0.2) is 42.4 Å². The van der Waals surface area contributed by atoms with E-state index in [0.29, 0.717) is 18.2 Å². The van der Waals surface area contributed by atoms with Crippen LogP contribution < -0.4 is 11.1 Å². The maximum Gasteiger partial charge on any atom is 0.225 e. The first-order chi connectivity index (χ1) is 9.02. The molecule has 0 radical (unpaired) electrons. The van der Waals surface area contributed by atoms with Gasteiger partial charge in [-0.05, 0) is 38.4 Å². The monoisotopic (exact) mass is 281 g/mol. The van der Waals surface area contributed by atoms with Crippen molar-refractivity contribution in [2.24, 2.45) is 0 Å². The van der Waals surface area contributed by atoms with Gasteiger partial charge in [0.1, 0.15) is 0 Å². The number of thioether (sulfide) groups is 1. The average molecular weight is 281 g/mol. The van der Waals surface area contributed by atoms with Gasteiger partial charge in [-0.2, -0.15) is 11.8 Å². The van der Waals surface area contributed by atoms with Gasteiger partial charge in [0, 0.05) is 36.1 Å². The molecule has 4 nitrogen and oxygen atoms in total. The van der Waals surface area contributed by atoms with Gasteiger partial charge < -0.3 is 16.0 Å². The second-order valence-corrected chi connectivity index (χ2v) is 5.62. The molecule has 1 atom stereocenters. The van der Waals surface area contributed by atoms with Gasteiger partial charge in [-0.1, -0.05) is 6.07 Å². The number of nitrogens with zero attached hydrogens (tertiary/aromatic N) is 1. The summed E-state index contributed by atoms with van der Waals surface area (Å²) in [6.07, 6.45) is 2.58. The average Bonchev–Trinajstić information content (AvgIpc) is 2.36. The fourth-order valence-electron chi connectivity index (χ4n) is 1.71. The molecule has 0 aliphatic heterocycles. The molecule has 1 rings (SSSR count). The molecule has 0 aliphatic rings. The van der Waals surface area contributed by atoms with Gasteiger partial charge in [0.2, 0.25) is 5.91 Å². The van der Waals surface area contributed by atoms with Crippen LogP contribution in [0.15, 0.2) is 24.3 Å². The van der Waals surface area contributed by atoms with E-state index in [0.717, 1.165) is 18.0 Å². The molecular formula is C14H23N3OS. The summed E-state index contributed by atoms with van der Waals surface area (Å²) < 4.78 is 0. The summed E-state index contributed by atoms with van der Waals surface area (Å²) >= 11 is 1.82. The number of hydrogen-bond acceptors (Lipinski definition) is 4. The van der Waals surface area contributed by atoms with Gasteiger partial charge in [0.05, 0.1) is 0 Å². The molecule has 0 saturated carbocycles. The number of nitrogen functional groups attached to an aromatic ring is 1. The van der Waals surface area contributed by atoms with E-state index in [1.54, 1.807) is 12.1 Å². The number of benzene rings is 1. The third kappa shape index (κ3) is 5.98. The number of carbonyl (C=O) groups is 1. The maximum absolute atomic E-state index is 11.8. The van der Waals surface area contributed by atoms with Gasteiger partial charge in [-0.25, -0.2) is 0 Å². The van der Waals surface area contributed by atoms with Crippen molar-refractivity contribution in [3.63, 3.8) is 0 Å². The lowest BCUT2D eigenvalue weighted by molar-refractivity contribution is -0.116. The first-order valence-electron chi connectivity index (χ1n) is 6.37. The Bertz CT molecular complexity index is 411. The highest BCUT2D eigenvalue weighted by Gasteiger charge is 2.10. The summed E-state index contributed by atoms with van der Waals surface area (Å²) in [6.45, 7) is 2.93. The van der Waals surface area contributed by atoms with Crippen LogP contribution in [0, 0.1) is 0 Å². The molecule has 0 aliphatic carbocycles. The first kappa shape index (κ1) is 15.9. The Hall–Kier alpha value is -1.20. The van der Waals surface area contributed by atoms with Crippen LogP contribution in [0.25, 0.3) is 0 Å². The number of carbonyl (C=O) groups excluding carboxylic acids is 1. The summed E-state index contributed by atoms with van der Waals surface area (Å²) in [4.78, 5) is 14.0. The van der Waals surface area contributed by atoms with Crippen molar-refractivity contribution in [3.05, 3.63) is 24.3 Å². The van der Waals surface area contributed by atoms with Crippen LogP contribution >= 0.6 is 11.8 Å². The Kier molecular flexibility index (Phi) is 6.73. The molecule has 1 aromatic carbocycles. The van der Waals surface area contributed by atoms with E-state index >= 15 is 0 Å². The zero-order valence-corrected chi connectivity index (χ0v) is 12.7. The molecule has 5 heteroatoms. The number of rotatable bonds is 7. The topological polar surface area (TPSA) is 58.4 Å². The maximum atomic E-state index is 11.8. The molecule has 1 amide bonds. The van der Waals surface area contributed by atoms with Gasteiger partial charge in [-0.15, -0.1) is 0 Å². The summed E-state index contributed by atoms with van der Waals surface area (Å²) in [5, 5.41) is 2.86. The Labute approximate surface area is 119 Å². The molecule has 0 aromatic heterocycles. The Morgan fingerprint density at radius 3 is 2.89 bits per heavy atom. The molecule has 3 N–H and O–H groups in total. The predicted octanol–water partition coefficient (Wildman–Crippen LogP) is 2.28. The lowest BCUT2D eigenvalue weighted by Crippen LogP contribution is -2.33. The molecule has 0 bridgehead atoms. The van der Waals surface area contributed by atoms with Crippen LogP contribution in [-0.2, 0) is 4.79 Å². The number of hydrogen-bond donors (Lipinski definition) is 2. The molecule has 0 fully saturated rings. The zero-order chi connectivity index (χ0) is 14.3. The van der Waals surface area contributed by atoms with Crippen molar-refractivity contribution in [1.29, 1.82) is 0 Å². The molecule has 1 aromatic rings. The second-order valence-electron chi connectivity index (χ2n) is 4.71. The fraction of sp³-hybridized carbons (Fsp3) is 0.500. The Morgan fingerprint density at radius 1 is 1.53 bits per heavy atom. The van der Waals surface area contributed by atoms with Crippen molar-refractivity contribution in [2.45, 2.75) is 19.4 Å². The summed E-state index contributed by atoms with van der Waals surface area (Å²) in [7, 11) is 2.05. The highest BCUT2D eigenvalue weighted by atomic mass is 32.2.